The molecule has 3 aromatic rings. The number of hydrogen-bond donors (Lipinski definition) is 0. The van der Waals surface area contributed by atoms with Gasteiger partial charge in [-0.1, -0.05) is 18.2 Å². The van der Waals surface area contributed by atoms with Crippen LogP contribution in [0.2, 0.25) is 0 Å². The summed E-state index contributed by atoms with van der Waals surface area (Å²) in [4.78, 5) is 16.6. The van der Waals surface area contributed by atoms with Crippen molar-refractivity contribution in [1.82, 2.24) is 4.98 Å². The van der Waals surface area contributed by atoms with E-state index in [1.807, 2.05) is 30.3 Å². The smallest absolute Gasteiger partial charge is 0.231 e. The van der Waals surface area contributed by atoms with Crippen molar-refractivity contribution in [1.29, 1.82) is 0 Å². The van der Waals surface area contributed by atoms with Gasteiger partial charge < -0.3 is 13.9 Å². The van der Waals surface area contributed by atoms with E-state index < -0.39 is 0 Å². The summed E-state index contributed by atoms with van der Waals surface area (Å²) >= 11 is 0. The van der Waals surface area contributed by atoms with Crippen LogP contribution in [0.5, 0.6) is 11.5 Å². The lowest BCUT2D eigenvalue weighted by Crippen LogP contribution is -1.99. The fourth-order valence-corrected chi connectivity index (χ4v) is 2.27. The predicted octanol–water partition coefficient (Wildman–Crippen LogP) is 3.30. The first-order chi connectivity index (χ1) is 10.8. The number of rotatable bonds is 3. The lowest BCUT2D eigenvalue weighted by atomic mass is 10.1. The molecule has 108 valence electrons. The van der Waals surface area contributed by atoms with E-state index in [-0.39, 0.29) is 18.3 Å². The molecule has 0 spiro atoms. The number of nitrogens with zero attached hydrogens (tertiary/aromatic N) is 1. The first-order valence-electron chi connectivity index (χ1n) is 6.77. The summed E-state index contributed by atoms with van der Waals surface area (Å²) in [6.45, 7) is 0.174. The molecule has 5 heteroatoms. The van der Waals surface area contributed by atoms with Gasteiger partial charge in [-0.2, -0.15) is 0 Å². The maximum Gasteiger partial charge on any atom is 0.231 e. The molecule has 0 atom stereocenters. The molecule has 0 bridgehead atoms. The van der Waals surface area contributed by atoms with Crippen LogP contribution in [0.15, 0.2) is 59.1 Å². The number of oxazole rings is 1. The number of benzene rings is 2. The third kappa shape index (κ3) is 2.13. The molecule has 0 aliphatic carbocycles. The highest BCUT2D eigenvalue weighted by atomic mass is 16.7. The molecule has 1 aliphatic rings. The highest BCUT2D eigenvalue weighted by Gasteiger charge is 2.20. The van der Waals surface area contributed by atoms with Gasteiger partial charge in [0, 0.05) is 11.1 Å². The van der Waals surface area contributed by atoms with Crippen LogP contribution in [-0.2, 0) is 0 Å². The molecule has 0 saturated carbocycles. The van der Waals surface area contributed by atoms with Crippen molar-refractivity contribution in [2.24, 2.45) is 0 Å². The number of hydrogen-bond acceptors (Lipinski definition) is 5. The number of aromatic nitrogens is 1. The van der Waals surface area contributed by atoms with E-state index >= 15 is 0 Å². The average molecular weight is 293 g/mol. The van der Waals surface area contributed by atoms with Crippen LogP contribution in [0.4, 0.5) is 0 Å². The SMILES string of the molecule is O=C(c1ccc2c(c1)OCO2)c1cnc(-c2ccccc2)o1. The van der Waals surface area contributed by atoms with Crippen molar-refractivity contribution in [2.45, 2.75) is 0 Å². The van der Waals surface area contributed by atoms with E-state index in [0.717, 1.165) is 5.56 Å². The first kappa shape index (κ1) is 12.6. The number of carbonyl (C=O) groups excluding carboxylic acids is 1. The van der Waals surface area contributed by atoms with Gasteiger partial charge in [0.2, 0.25) is 18.5 Å². The average Bonchev–Trinajstić information content (AvgIpc) is 3.23. The summed E-state index contributed by atoms with van der Waals surface area (Å²) < 4.78 is 16.1. The van der Waals surface area contributed by atoms with Gasteiger partial charge >= 0.3 is 0 Å². The Hall–Kier alpha value is -3.08. The zero-order chi connectivity index (χ0) is 14.9. The maximum absolute atomic E-state index is 12.5. The lowest BCUT2D eigenvalue weighted by Gasteiger charge is -2.00. The van der Waals surface area contributed by atoms with Crippen molar-refractivity contribution >= 4 is 5.78 Å². The molecule has 4 rings (SSSR count). The fourth-order valence-electron chi connectivity index (χ4n) is 2.27. The third-order valence-electron chi connectivity index (χ3n) is 3.38. The van der Waals surface area contributed by atoms with Crippen LogP contribution in [0.3, 0.4) is 0 Å². The first-order valence-corrected chi connectivity index (χ1v) is 6.77. The second-order valence-electron chi connectivity index (χ2n) is 4.79. The second kappa shape index (κ2) is 5.04. The molecule has 0 N–H and O–H groups in total. The summed E-state index contributed by atoms with van der Waals surface area (Å²) in [5.41, 5.74) is 1.30. The molecule has 0 saturated heterocycles. The normalized spacial score (nSPS) is 12.4. The number of carbonyl (C=O) groups is 1. The maximum atomic E-state index is 12.5. The van der Waals surface area contributed by atoms with Crippen molar-refractivity contribution in [2.75, 3.05) is 6.79 Å². The minimum atomic E-state index is -0.243. The second-order valence-corrected chi connectivity index (χ2v) is 4.79. The summed E-state index contributed by atoms with van der Waals surface area (Å²) in [7, 11) is 0. The van der Waals surface area contributed by atoms with E-state index in [1.165, 1.54) is 6.20 Å². The van der Waals surface area contributed by atoms with Crippen LogP contribution in [0.25, 0.3) is 11.5 Å². The molecule has 22 heavy (non-hydrogen) atoms. The summed E-state index contributed by atoms with van der Waals surface area (Å²) in [6, 6.07) is 14.5. The van der Waals surface area contributed by atoms with Crippen LogP contribution in [-0.4, -0.2) is 17.6 Å². The molecular formula is C17H11NO4. The van der Waals surface area contributed by atoms with Gasteiger partial charge in [-0.05, 0) is 30.3 Å². The van der Waals surface area contributed by atoms with Crippen molar-refractivity contribution in [3.63, 3.8) is 0 Å². The van der Waals surface area contributed by atoms with Crippen LogP contribution >= 0.6 is 0 Å². The van der Waals surface area contributed by atoms with Gasteiger partial charge in [0.05, 0.1) is 6.20 Å². The van der Waals surface area contributed by atoms with Gasteiger partial charge in [-0.15, -0.1) is 0 Å². The van der Waals surface area contributed by atoms with Crippen LogP contribution in [0, 0.1) is 0 Å². The molecule has 1 aliphatic heterocycles. The minimum Gasteiger partial charge on any atom is -0.454 e. The Morgan fingerprint density at radius 1 is 1.00 bits per heavy atom. The van der Waals surface area contributed by atoms with Gasteiger partial charge in [0.15, 0.2) is 17.3 Å². The van der Waals surface area contributed by atoms with Gasteiger partial charge in [-0.25, -0.2) is 4.98 Å². The Labute approximate surface area is 126 Å². The monoisotopic (exact) mass is 293 g/mol. The quantitative estimate of drug-likeness (QED) is 0.693. The van der Waals surface area contributed by atoms with E-state index in [9.17, 15) is 4.79 Å². The molecule has 0 fully saturated rings. The Kier molecular flexibility index (Phi) is 2.89. The standard InChI is InChI=1S/C17H11NO4/c19-16(12-6-7-13-14(8-12)21-10-20-13)15-9-18-17(22-15)11-4-2-1-3-5-11/h1-9H,10H2. The highest BCUT2D eigenvalue weighted by molar-refractivity contribution is 6.07. The Bertz CT molecular complexity index is 839. The van der Waals surface area contributed by atoms with Crippen LogP contribution < -0.4 is 9.47 Å². The number of fused-ring (bicyclic) bond motifs is 1. The van der Waals surface area contributed by atoms with E-state index in [4.69, 9.17) is 13.9 Å². The summed E-state index contributed by atoms with van der Waals surface area (Å²) in [6.07, 6.45) is 1.44. The third-order valence-corrected chi connectivity index (χ3v) is 3.38. The molecule has 5 nitrogen and oxygen atoms in total. The minimum absolute atomic E-state index is 0.174. The van der Waals surface area contributed by atoms with Crippen molar-refractivity contribution in [3.05, 3.63) is 66.1 Å². The zero-order valence-corrected chi connectivity index (χ0v) is 11.5. The van der Waals surface area contributed by atoms with E-state index in [1.54, 1.807) is 18.2 Å². The predicted molar refractivity (Wildman–Crippen MR) is 77.9 cm³/mol. The van der Waals surface area contributed by atoms with Gasteiger partial charge in [-0.3, -0.25) is 4.79 Å². The van der Waals surface area contributed by atoms with Crippen molar-refractivity contribution < 1.29 is 18.7 Å². The Morgan fingerprint density at radius 3 is 2.68 bits per heavy atom. The van der Waals surface area contributed by atoms with Gasteiger partial charge in [0.25, 0.3) is 0 Å². The number of ether oxygens (including phenoxy) is 2. The zero-order valence-electron chi connectivity index (χ0n) is 11.5. The Morgan fingerprint density at radius 2 is 1.82 bits per heavy atom. The lowest BCUT2D eigenvalue weighted by molar-refractivity contribution is 0.101. The molecule has 0 unspecified atom stereocenters. The molecule has 0 amide bonds. The Balaban J connectivity index is 1.65. The summed E-state index contributed by atoms with van der Waals surface area (Å²) in [5, 5.41) is 0. The van der Waals surface area contributed by atoms with Gasteiger partial charge in [0.1, 0.15) is 0 Å². The largest absolute Gasteiger partial charge is 0.454 e. The topological polar surface area (TPSA) is 61.6 Å². The molecule has 2 heterocycles. The molecule has 1 aromatic heterocycles. The van der Waals surface area contributed by atoms with Crippen LogP contribution in [0.1, 0.15) is 16.1 Å². The summed E-state index contributed by atoms with van der Waals surface area (Å²) in [5.74, 6) is 1.57. The van der Waals surface area contributed by atoms with E-state index in [2.05, 4.69) is 4.98 Å². The number of ketones is 1. The molecule has 0 radical (unpaired) electrons. The molecule has 2 aromatic carbocycles. The van der Waals surface area contributed by atoms with E-state index in [0.29, 0.717) is 23.0 Å². The van der Waals surface area contributed by atoms with Crippen molar-refractivity contribution in [3.8, 4) is 23.0 Å². The fraction of sp³-hybridized carbons (Fsp3) is 0.0588. The molecular weight excluding hydrogens is 282 g/mol. The highest BCUT2D eigenvalue weighted by Crippen LogP contribution is 2.33.